The van der Waals surface area contributed by atoms with Gasteiger partial charge in [0.05, 0.1) is 5.56 Å². The summed E-state index contributed by atoms with van der Waals surface area (Å²) in [6.45, 7) is 4.61. The highest BCUT2D eigenvalue weighted by molar-refractivity contribution is 5.87. The number of aromatic carboxylic acids is 1. The number of carbonyl (C=O) groups is 2. The van der Waals surface area contributed by atoms with Crippen LogP contribution < -0.4 is 5.32 Å². The first-order valence-electron chi connectivity index (χ1n) is 7.18. The Hall–Kier alpha value is -1.84. The highest BCUT2D eigenvalue weighted by Gasteiger charge is 2.15. The van der Waals surface area contributed by atoms with Crippen LogP contribution in [0.25, 0.3) is 0 Å². The summed E-state index contributed by atoms with van der Waals surface area (Å²) in [7, 11) is 0. The number of carboxylic acid groups (broad SMARTS) is 1. The van der Waals surface area contributed by atoms with Gasteiger partial charge in [-0.25, -0.2) is 4.79 Å². The molecule has 20 heavy (non-hydrogen) atoms. The largest absolute Gasteiger partial charge is 0.478 e. The lowest BCUT2D eigenvalue weighted by molar-refractivity contribution is -0.125. The van der Waals surface area contributed by atoms with Crippen molar-refractivity contribution in [2.45, 2.75) is 46.1 Å². The van der Waals surface area contributed by atoms with Gasteiger partial charge in [-0.3, -0.25) is 4.79 Å². The molecule has 0 spiro atoms. The molecule has 0 aliphatic carbocycles. The molecule has 110 valence electrons. The topological polar surface area (TPSA) is 66.4 Å². The van der Waals surface area contributed by atoms with Crippen LogP contribution in [0.2, 0.25) is 0 Å². The molecular weight excluding hydrogens is 254 g/mol. The molecule has 0 atom stereocenters. The lowest BCUT2D eigenvalue weighted by atomic mass is 9.97. The van der Waals surface area contributed by atoms with E-state index >= 15 is 0 Å². The average Bonchev–Trinajstić information content (AvgIpc) is 2.45. The number of benzene rings is 1. The summed E-state index contributed by atoms with van der Waals surface area (Å²) in [5.41, 5.74) is 1.17. The van der Waals surface area contributed by atoms with Gasteiger partial charge < -0.3 is 10.4 Å². The van der Waals surface area contributed by atoms with Gasteiger partial charge in [0.15, 0.2) is 0 Å². The molecule has 0 aliphatic rings. The van der Waals surface area contributed by atoms with E-state index in [1.54, 1.807) is 24.3 Å². The molecule has 0 saturated carbocycles. The molecule has 0 unspecified atom stereocenters. The van der Waals surface area contributed by atoms with E-state index in [-0.39, 0.29) is 17.4 Å². The number of carboxylic acids is 1. The number of hydrogen-bond donors (Lipinski definition) is 2. The SMILES string of the molecule is CCCC(CCC)C(=O)NCc1ccc(C(=O)O)cc1. The normalized spacial score (nSPS) is 10.6. The predicted molar refractivity (Wildman–Crippen MR) is 78.6 cm³/mol. The van der Waals surface area contributed by atoms with E-state index in [1.165, 1.54) is 0 Å². The number of hydrogen-bond acceptors (Lipinski definition) is 2. The molecule has 0 saturated heterocycles. The van der Waals surface area contributed by atoms with E-state index in [2.05, 4.69) is 19.2 Å². The first kappa shape index (κ1) is 16.2. The lowest BCUT2D eigenvalue weighted by Gasteiger charge is -2.15. The van der Waals surface area contributed by atoms with Crippen molar-refractivity contribution in [1.82, 2.24) is 5.32 Å². The van der Waals surface area contributed by atoms with Crippen LogP contribution in [0.3, 0.4) is 0 Å². The fourth-order valence-corrected chi connectivity index (χ4v) is 2.20. The maximum Gasteiger partial charge on any atom is 0.335 e. The number of amides is 1. The van der Waals surface area contributed by atoms with Crippen molar-refractivity contribution in [3.8, 4) is 0 Å². The van der Waals surface area contributed by atoms with Crippen molar-refractivity contribution < 1.29 is 14.7 Å². The minimum atomic E-state index is -0.938. The van der Waals surface area contributed by atoms with E-state index < -0.39 is 5.97 Å². The third-order valence-corrected chi connectivity index (χ3v) is 3.31. The van der Waals surface area contributed by atoms with E-state index in [1.807, 2.05) is 0 Å². The molecule has 0 radical (unpaired) electrons. The van der Waals surface area contributed by atoms with Gasteiger partial charge >= 0.3 is 5.97 Å². The Kier molecular flexibility index (Phi) is 6.77. The lowest BCUT2D eigenvalue weighted by Crippen LogP contribution is -2.30. The molecule has 0 fully saturated rings. The van der Waals surface area contributed by atoms with Gasteiger partial charge in [-0.1, -0.05) is 38.8 Å². The second-order valence-corrected chi connectivity index (χ2v) is 4.99. The third kappa shape index (κ3) is 5.03. The molecule has 0 heterocycles. The van der Waals surface area contributed by atoms with Crippen molar-refractivity contribution in [3.05, 3.63) is 35.4 Å². The van der Waals surface area contributed by atoms with Crippen molar-refractivity contribution >= 4 is 11.9 Å². The molecule has 1 rings (SSSR count). The van der Waals surface area contributed by atoms with Crippen LogP contribution in [0.4, 0.5) is 0 Å². The zero-order chi connectivity index (χ0) is 15.0. The summed E-state index contributed by atoms with van der Waals surface area (Å²) >= 11 is 0. The van der Waals surface area contributed by atoms with Crippen LogP contribution in [0.1, 0.15) is 55.5 Å². The van der Waals surface area contributed by atoms with Crippen molar-refractivity contribution in [3.63, 3.8) is 0 Å². The first-order chi connectivity index (χ1) is 9.58. The van der Waals surface area contributed by atoms with Crippen LogP contribution in [-0.4, -0.2) is 17.0 Å². The van der Waals surface area contributed by atoms with Crippen molar-refractivity contribution in [2.75, 3.05) is 0 Å². The van der Waals surface area contributed by atoms with E-state index in [0.29, 0.717) is 6.54 Å². The Morgan fingerprint density at radius 1 is 1.10 bits per heavy atom. The van der Waals surface area contributed by atoms with Crippen LogP contribution in [0.5, 0.6) is 0 Å². The maximum atomic E-state index is 12.1. The smallest absolute Gasteiger partial charge is 0.335 e. The monoisotopic (exact) mass is 277 g/mol. The summed E-state index contributed by atoms with van der Waals surface area (Å²) in [4.78, 5) is 22.8. The van der Waals surface area contributed by atoms with Crippen LogP contribution >= 0.6 is 0 Å². The first-order valence-corrected chi connectivity index (χ1v) is 7.18. The minimum absolute atomic E-state index is 0.0864. The van der Waals surface area contributed by atoms with Gasteiger partial charge in [0.1, 0.15) is 0 Å². The van der Waals surface area contributed by atoms with Gasteiger partial charge in [-0.05, 0) is 30.5 Å². The zero-order valence-electron chi connectivity index (χ0n) is 12.2. The van der Waals surface area contributed by atoms with Crippen molar-refractivity contribution in [1.29, 1.82) is 0 Å². The van der Waals surface area contributed by atoms with Crippen LogP contribution in [0.15, 0.2) is 24.3 Å². The third-order valence-electron chi connectivity index (χ3n) is 3.31. The Balaban J connectivity index is 2.52. The van der Waals surface area contributed by atoms with Crippen molar-refractivity contribution in [2.24, 2.45) is 5.92 Å². The van der Waals surface area contributed by atoms with Gasteiger partial charge in [0.25, 0.3) is 0 Å². The van der Waals surface area contributed by atoms with Crippen LogP contribution in [0, 0.1) is 5.92 Å². The molecule has 4 nitrogen and oxygen atoms in total. The Morgan fingerprint density at radius 3 is 2.10 bits per heavy atom. The number of rotatable bonds is 8. The predicted octanol–water partition coefficient (Wildman–Crippen LogP) is 3.22. The summed E-state index contributed by atoms with van der Waals surface area (Å²) < 4.78 is 0. The van der Waals surface area contributed by atoms with Gasteiger partial charge in [0.2, 0.25) is 5.91 Å². The number of carbonyl (C=O) groups excluding carboxylic acids is 1. The molecule has 0 aliphatic heterocycles. The molecule has 0 bridgehead atoms. The fourth-order valence-electron chi connectivity index (χ4n) is 2.20. The highest BCUT2D eigenvalue weighted by atomic mass is 16.4. The Morgan fingerprint density at radius 2 is 1.65 bits per heavy atom. The summed E-state index contributed by atoms with van der Waals surface area (Å²) in [5, 5.41) is 11.7. The van der Waals surface area contributed by atoms with E-state index in [0.717, 1.165) is 31.2 Å². The quantitative estimate of drug-likeness (QED) is 0.766. The highest BCUT2D eigenvalue weighted by Crippen LogP contribution is 2.14. The summed E-state index contributed by atoms with van der Waals surface area (Å²) in [6, 6.07) is 6.58. The van der Waals surface area contributed by atoms with Gasteiger partial charge in [-0.2, -0.15) is 0 Å². The van der Waals surface area contributed by atoms with Gasteiger partial charge in [-0.15, -0.1) is 0 Å². The second kappa shape index (κ2) is 8.35. The Bertz CT molecular complexity index is 434. The molecule has 1 amide bonds. The summed E-state index contributed by atoms with van der Waals surface area (Å²) in [5.74, 6) is -0.758. The summed E-state index contributed by atoms with van der Waals surface area (Å²) in [6.07, 6.45) is 3.84. The number of nitrogens with one attached hydrogen (secondary N) is 1. The molecule has 1 aromatic rings. The maximum absolute atomic E-state index is 12.1. The van der Waals surface area contributed by atoms with Crippen LogP contribution in [-0.2, 0) is 11.3 Å². The molecule has 2 N–H and O–H groups in total. The zero-order valence-corrected chi connectivity index (χ0v) is 12.2. The minimum Gasteiger partial charge on any atom is -0.478 e. The van der Waals surface area contributed by atoms with E-state index in [9.17, 15) is 9.59 Å². The standard InChI is InChI=1S/C16H23NO3/c1-3-5-13(6-4-2)15(18)17-11-12-7-9-14(10-8-12)16(19)20/h7-10,13H,3-6,11H2,1-2H3,(H,17,18)(H,19,20). The van der Waals surface area contributed by atoms with E-state index in [4.69, 9.17) is 5.11 Å². The van der Waals surface area contributed by atoms with Gasteiger partial charge in [0, 0.05) is 12.5 Å². The molecule has 4 heteroatoms. The fraction of sp³-hybridized carbons (Fsp3) is 0.500. The molecular formula is C16H23NO3. The Labute approximate surface area is 120 Å². The average molecular weight is 277 g/mol. The molecule has 0 aromatic heterocycles. The second-order valence-electron chi connectivity index (χ2n) is 4.99. The molecule has 1 aromatic carbocycles.